The molecule has 0 spiro atoms. The molecule has 13 heteroatoms. The molecular formula is C21H21FN4O5S3. The van der Waals surface area contributed by atoms with Crippen LogP contribution in [0.5, 0.6) is 11.5 Å². The van der Waals surface area contributed by atoms with Gasteiger partial charge in [0.05, 0.1) is 10.6 Å². The highest BCUT2D eigenvalue weighted by Crippen LogP contribution is 2.34. The summed E-state index contributed by atoms with van der Waals surface area (Å²) < 4.78 is 53.1. The van der Waals surface area contributed by atoms with E-state index < -0.39 is 28.3 Å². The molecule has 2 heterocycles. The number of sulfonamides is 1. The lowest BCUT2D eigenvalue weighted by Gasteiger charge is -2.25. The van der Waals surface area contributed by atoms with E-state index in [1.54, 1.807) is 0 Å². The van der Waals surface area contributed by atoms with Crippen molar-refractivity contribution in [3.8, 4) is 11.5 Å². The monoisotopic (exact) mass is 524 g/mol. The Kier molecular flexibility index (Phi) is 7.54. The Morgan fingerprint density at radius 2 is 1.88 bits per heavy atom. The van der Waals surface area contributed by atoms with Crippen LogP contribution in [0, 0.1) is 5.82 Å². The van der Waals surface area contributed by atoms with Crippen molar-refractivity contribution in [3.63, 3.8) is 0 Å². The highest BCUT2D eigenvalue weighted by atomic mass is 32.2. The zero-order chi connectivity index (χ0) is 24.1. The summed E-state index contributed by atoms with van der Waals surface area (Å²) in [5.41, 5.74) is 0.128. The first-order valence-corrected chi connectivity index (χ1v) is 13.5. The van der Waals surface area contributed by atoms with E-state index in [1.807, 2.05) is 6.92 Å². The quantitative estimate of drug-likeness (QED) is 0.333. The second-order valence-corrected chi connectivity index (χ2v) is 11.2. The molecule has 1 aliphatic heterocycles. The van der Waals surface area contributed by atoms with Crippen molar-refractivity contribution in [2.24, 2.45) is 0 Å². The third-order valence-corrected chi connectivity index (χ3v) is 8.53. The minimum absolute atomic E-state index is 0.0944. The Hall–Kier alpha value is -2.90. The number of anilines is 2. The van der Waals surface area contributed by atoms with E-state index in [-0.39, 0.29) is 15.7 Å². The van der Waals surface area contributed by atoms with E-state index in [1.165, 1.54) is 53.4 Å². The number of hydrogen-bond acceptors (Lipinski definition) is 9. The molecule has 4 rings (SSSR count). The van der Waals surface area contributed by atoms with Gasteiger partial charge in [0.15, 0.2) is 15.8 Å². The summed E-state index contributed by atoms with van der Waals surface area (Å²) in [4.78, 5) is 12.7. The molecule has 0 aliphatic carbocycles. The molecule has 0 saturated heterocycles. The van der Waals surface area contributed by atoms with Gasteiger partial charge in [-0.15, -0.1) is 10.2 Å². The number of aromatic nitrogens is 2. The van der Waals surface area contributed by atoms with Gasteiger partial charge in [-0.25, -0.2) is 12.8 Å². The van der Waals surface area contributed by atoms with Gasteiger partial charge in [-0.05, 0) is 42.8 Å². The second-order valence-electron chi connectivity index (χ2n) is 7.06. The third-order valence-electron chi connectivity index (χ3n) is 4.59. The van der Waals surface area contributed by atoms with Gasteiger partial charge in [0.2, 0.25) is 11.0 Å². The molecule has 180 valence electrons. The number of fused-ring (bicyclic) bond motifs is 1. The standard InChI is InChI=1S/C21H21FN4O5S3/c1-2-11-32-21-25-24-20(33-21)23-19(27)13-26(15-5-3-14(22)4-6-15)34(28,29)16-7-8-17-18(12-16)31-10-9-30-17/h3-8,12H,2,9-11,13H2,1H3,(H,23,24,27). The third kappa shape index (κ3) is 5.59. The summed E-state index contributed by atoms with van der Waals surface area (Å²) >= 11 is 2.73. The molecule has 1 N–H and O–H groups in total. The summed E-state index contributed by atoms with van der Waals surface area (Å²) in [6, 6.07) is 9.06. The summed E-state index contributed by atoms with van der Waals surface area (Å²) in [7, 11) is -4.22. The van der Waals surface area contributed by atoms with Gasteiger partial charge in [-0.1, -0.05) is 30.0 Å². The van der Waals surface area contributed by atoms with Crippen molar-refractivity contribution in [2.45, 2.75) is 22.6 Å². The highest BCUT2D eigenvalue weighted by molar-refractivity contribution is 8.01. The van der Waals surface area contributed by atoms with E-state index >= 15 is 0 Å². The van der Waals surface area contributed by atoms with Crippen LogP contribution in [0.4, 0.5) is 15.2 Å². The van der Waals surface area contributed by atoms with Gasteiger partial charge in [0, 0.05) is 11.8 Å². The number of ether oxygens (including phenoxy) is 2. The number of benzene rings is 2. The van der Waals surface area contributed by atoms with Crippen molar-refractivity contribution in [1.82, 2.24) is 10.2 Å². The van der Waals surface area contributed by atoms with Gasteiger partial charge >= 0.3 is 0 Å². The van der Waals surface area contributed by atoms with Crippen LogP contribution in [-0.4, -0.2) is 50.0 Å². The van der Waals surface area contributed by atoms with E-state index in [4.69, 9.17) is 9.47 Å². The molecule has 3 aromatic rings. The summed E-state index contributed by atoms with van der Waals surface area (Å²) in [6.07, 6.45) is 0.969. The summed E-state index contributed by atoms with van der Waals surface area (Å²) in [6.45, 7) is 2.15. The summed E-state index contributed by atoms with van der Waals surface area (Å²) in [5.74, 6) is 0.449. The maximum absolute atomic E-state index is 13.5. The van der Waals surface area contributed by atoms with Gasteiger partial charge in [-0.3, -0.25) is 14.4 Å². The van der Waals surface area contributed by atoms with E-state index in [0.29, 0.717) is 29.1 Å². The Morgan fingerprint density at radius 1 is 1.15 bits per heavy atom. The number of nitrogens with zero attached hydrogens (tertiary/aromatic N) is 3. The lowest BCUT2D eigenvalue weighted by Crippen LogP contribution is -2.38. The zero-order valence-corrected chi connectivity index (χ0v) is 20.5. The van der Waals surface area contributed by atoms with Crippen molar-refractivity contribution in [2.75, 3.05) is 35.1 Å². The van der Waals surface area contributed by atoms with E-state index in [2.05, 4.69) is 15.5 Å². The van der Waals surface area contributed by atoms with Crippen LogP contribution in [0.1, 0.15) is 13.3 Å². The van der Waals surface area contributed by atoms with Crippen LogP contribution in [0.2, 0.25) is 0 Å². The fraction of sp³-hybridized carbons (Fsp3) is 0.286. The SMILES string of the molecule is CCCSc1nnc(NC(=O)CN(c2ccc(F)cc2)S(=O)(=O)c2ccc3c(c2)OCCO3)s1. The molecule has 1 aromatic heterocycles. The van der Waals surface area contributed by atoms with E-state index in [9.17, 15) is 17.6 Å². The average molecular weight is 525 g/mol. The van der Waals surface area contributed by atoms with Gasteiger partial charge in [0.25, 0.3) is 10.0 Å². The maximum Gasteiger partial charge on any atom is 0.264 e. The van der Waals surface area contributed by atoms with Gasteiger partial charge in [0.1, 0.15) is 25.6 Å². The smallest absolute Gasteiger partial charge is 0.264 e. The van der Waals surface area contributed by atoms with Crippen molar-refractivity contribution < 1.29 is 27.1 Å². The van der Waals surface area contributed by atoms with Crippen LogP contribution >= 0.6 is 23.1 Å². The predicted molar refractivity (Wildman–Crippen MR) is 128 cm³/mol. The largest absolute Gasteiger partial charge is 0.486 e. The molecule has 0 fully saturated rings. The van der Waals surface area contributed by atoms with Crippen molar-refractivity contribution >= 4 is 49.8 Å². The first-order valence-electron chi connectivity index (χ1n) is 10.3. The summed E-state index contributed by atoms with van der Waals surface area (Å²) in [5, 5.41) is 10.8. The van der Waals surface area contributed by atoms with E-state index in [0.717, 1.165) is 28.6 Å². The molecule has 0 radical (unpaired) electrons. The molecule has 0 unspecified atom stereocenters. The average Bonchev–Trinajstić information content (AvgIpc) is 3.28. The first-order chi connectivity index (χ1) is 16.4. The molecule has 0 atom stereocenters. The van der Waals surface area contributed by atoms with Crippen LogP contribution in [0.15, 0.2) is 51.7 Å². The normalized spacial score (nSPS) is 12.9. The number of rotatable bonds is 9. The minimum Gasteiger partial charge on any atom is -0.486 e. The number of hydrogen-bond donors (Lipinski definition) is 1. The maximum atomic E-state index is 13.5. The number of nitrogens with one attached hydrogen (secondary N) is 1. The predicted octanol–water partition coefficient (Wildman–Crippen LogP) is 3.78. The molecule has 34 heavy (non-hydrogen) atoms. The lowest BCUT2D eigenvalue weighted by molar-refractivity contribution is -0.114. The molecule has 1 aliphatic rings. The number of thioether (sulfide) groups is 1. The second kappa shape index (κ2) is 10.6. The number of amides is 1. The molecule has 0 saturated carbocycles. The Morgan fingerprint density at radius 3 is 2.62 bits per heavy atom. The first kappa shape index (κ1) is 24.2. The molecule has 9 nitrogen and oxygen atoms in total. The number of carbonyl (C=O) groups is 1. The van der Waals surface area contributed by atoms with Crippen LogP contribution in [-0.2, 0) is 14.8 Å². The van der Waals surface area contributed by atoms with Crippen molar-refractivity contribution in [3.05, 3.63) is 48.3 Å². The lowest BCUT2D eigenvalue weighted by atomic mass is 10.3. The molecule has 2 aromatic carbocycles. The zero-order valence-electron chi connectivity index (χ0n) is 18.1. The fourth-order valence-corrected chi connectivity index (χ4v) is 6.16. The number of halogens is 1. The Balaban J connectivity index is 1.60. The van der Waals surface area contributed by atoms with Crippen LogP contribution in [0.25, 0.3) is 0 Å². The fourth-order valence-electron chi connectivity index (χ4n) is 3.03. The molecule has 0 bridgehead atoms. The highest BCUT2D eigenvalue weighted by Gasteiger charge is 2.29. The van der Waals surface area contributed by atoms with Crippen LogP contribution in [0.3, 0.4) is 0 Å². The molecular weight excluding hydrogens is 503 g/mol. The Labute approximate surface area is 204 Å². The minimum atomic E-state index is -4.22. The number of carbonyl (C=O) groups excluding carboxylic acids is 1. The van der Waals surface area contributed by atoms with Gasteiger partial charge in [-0.2, -0.15) is 0 Å². The van der Waals surface area contributed by atoms with Crippen LogP contribution < -0.4 is 19.1 Å². The Bertz CT molecular complexity index is 1270. The topological polar surface area (TPSA) is 111 Å². The van der Waals surface area contributed by atoms with Gasteiger partial charge < -0.3 is 9.47 Å². The molecule has 1 amide bonds. The van der Waals surface area contributed by atoms with Crippen molar-refractivity contribution in [1.29, 1.82) is 0 Å².